The molecular formula is C13H14ClFN2O2S. The Morgan fingerprint density at radius 3 is 2.95 bits per heavy atom. The van der Waals surface area contributed by atoms with Gasteiger partial charge in [-0.05, 0) is 24.3 Å². The molecule has 0 bridgehead atoms. The molecule has 0 aromatic heterocycles. The predicted molar refractivity (Wildman–Crippen MR) is 79.6 cm³/mol. The van der Waals surface area contributed by atoms with Gasteiger partial charge in [0.1, 0.15) is 5.82 Å². The topological polar surface area (TPSA) is 50.4 Å². The van der Waals surface area contributed by atoms with E-state index in [1.54, 1.807) is 12.1 Å². The lowest BCUT2D eigenvalue weighted by molar-refractivity contribution is -0.116. The summed E-state index contributed by atoms with van der Waals surface area (Å²) in [6.07, 6.45) is 4.51. The number of amides is 1. The van der Waals surface area contributed by atoms with E-state index in [1.165, 1.54) is 31.5 Å². The molecule has 1 aromatic rings. The number of hydrogen-bond acceptors (Lipinski definition) is 4. The van der Waals surface area contributed by atoms with Crippen LogP contribution in [0.5, 0.6) is 0 Å². The van der Waals surface area contributed by atoms with Crippen LogP contribution in [0.25, 0.3) is 0 Å². The largest absolute Gasteiger partial charge is 0.347 e. The summed E-state index contributed by atoms with van der Waals surface area (Å²) in [6, 6.07) is 4.27. The van der Waals surface area contributed by atoms with Crippen molar-refractivity contribution in [3.05, 3.63) is 57.9 Å². The molecule has 0 saturated carbocycles. The van der Waals surface area contributed by atoms with Gasteiger partial charge in [0.25, 0.3) is 5.91 Å². The summed E-state index contributed by atoms with van der Waals surface area (Å²) in [5.74, 6) is -0.878. The first kappa shape index (κ1) is 16.6. The average molecular weight is 317 g/mol. The molecule has 1 aromatic carbocycles. The third-order valence-electron chi connectivity index (χ3n) is 2.22. The number of halogens is 2. The molecule has 0 spiro atoms. The van der Waals surface area contributed by atoms with E-state index in [2.05, 4.69) is 28.3 Å². The lowest BCUT2D eigenvalue weighted by atomic mass is 10.2. The standard InChI is InChI=1S/C13H14ClFN2O2S/c1-19-17-6-2-3-12(20)13(18)16-8-9-4-5-10(14)7-11(9)15/h2-7,17,20H,8H2,1H3,(H,16,18)/b6-2-,12-3-. The number of benzene rings is 1. The monoisotopic (exact) mass is 316 g/mol. The van der Waals surface area contributed by atoms with Crippen molar-refractivity contribution in [2.24, 2.45) is 0 Å². The van der Waals surface area contributed by atoms with Crippen LogP contribution in [-0.4, -0.2) is 13.0 Å². The van der Waals surface area contributed by atoms with Gasteiger partial charge in [0.05, 0.1) is 12.0 Å². The number of carbonyl (C=O) groups is 1. The molecule has 1 rings (SSSR count). The van der Waals surface area contributed by atoms with Crippen LogP contribution in [0, 0.1) is 5.82 Å². The van der Waals surface area contributed by atoms with Gasteiger partial charge in [-0.1, -0.05) is 17.7 Å². The van der Waals surface area contributed by atoms with E-state index >= 15 is 0 Å². The van der Waals surface area contributed by atoms with Gasteiger partial charge in [-0.2, -0.15) is 0 Å². The smallest absolute Gasteiger partial charge is 0.257 e. The Bertz CT molecular complexity index is 535. The van der Waals surface area contributed by atoms with Crippen LogP contribution in [-0.2, 0) is 16.2 Å². The Balaban J connectivity index is 2.54. The highest BCUT2D eigenvalue weighted by atomic mass is 35.5. The molecule has 0 aliphatic carbocycles. The van der Waals surface area contributed by atoms with Gasteiger partial charge in [0.2, 0.25) is 0 Å². The van der Waals surface area contributed by atoms with Crippen LogP contribution in [0.3, 0.4) is 0 Å². The van der Waals surface area contributed by atoms with E-state index < -0.39 is 11.7 Å². The van der Waals surface area contributed by atoms with Gasteiger partial charge in [0.15, 0.2) is 0 Å². The molecule has 1 amide bonds. The van der Waals surface area contributed by atoms with Crippen molar-refractivity contribution in [1.29, 1.82) is 0 Å². The Kier molecular flexibility index (Phi) is 7.14. The maximum Gasteiger partial charge on any atom is 0.257 e. The van der Waals surface area contributed by atoms with Crippen molar-refractivity contribution >= 4 is 30.1 Å². The van der Waals surface area contributed by atoms with Gasteiger partial charge < -0.3 is 5.32 Å². The van der Waals surface area contributed by atoms with Gasteiger partial charge >= 0.3 is 0 Å². The molecule has 7 heteroatoms. The number of allylic oxidation sites excluding steroid dienone is 2. The lowest BCUT2D eigenvalue weighted by Gasteiger charge is -2.06. The SMILES string of the molecule is CON/C=C\C=C(/S)C(=O)NCc1ccc(Cl)cc1F. The predicted octanol–water partition coefficient (Wildman–Crippen LogP) is 2.57. The van der Waals surface area contributed by atoms with Crippen LogP contribution in [0.2, 0.25) is 5.02 Å². The first-order valence-electron chi connectivity index (χ1n) is 5.61. The Morgan fingerprint density at radius 1 is 1.55 bits per heavy atom. The van der Waals surface area contributed by atoms with Crippen LogP contribution in [0.4, 0.5) is 4.39 Å². The molecule has 0 atom stereocenters. The van der Waals surface area contributed by atoms with Crippen LogP contribution < -0.4 is 10.8 Å². The van der Waals surface area contributed by atoms with E-state index in [-0.39, 0.29) is 11.4 Å². The van der Waals surface area contributed by atoms with Crippen molar-refractivity contribution in [2.75, 3.05) is 7.11 Å². The second-order valence-electron chi connectivity index (χ2n) is 3.65. The Morgan fingerprint density at radius 2 is 2.30 bits per heavy atom. The zero-order chi connectivity index (χ0) is 15.0. The second-order valence-corrected chi connectivity index (χ2v) is 4.57. The van der Waals surface area contributed by atoms with E-state index in [9.17, 15) is 9.18 Å². The molecule has 0 aliphatic heterocycles. The van der Waals surface area contributed by atoms with Crippen LogP contribution >= 0.6 is 24.2 Å². The van der Waals surface area contributed by atoms with E-state index in [0.29, 0.717) is 10.6 Å². The molecule has 108 valence electrons. The van der Waals surface area contributed by atoms with Crippen molar-refractivity contribution in [3.8, 4) is 0 Å². The van der Waals surface area contributed by atoms with Gasteiger partial charge in [-0.15, -0.1) is 12.6 Å². The molecule has 0 unspecified atom stereocenters. The number of rotatable bonds is 6. The van der Waals surface area contributed by atoms with Gasteiger partial charge in [-0.25, -0.2) is 4.39 Å². The highest BCUT2D eigenvalue weighted by molar-refractivity contribution is 7.85. The highest BCUT2D eigenvalue weighted by Gasteiger charge is 2.07. The average Bonchev–Trinajstić information content (AvgIpc) is 2.42. The fourth-order valence-corrected chi connectivity index (χ4v) is 1.58. The van der Waals surface area contributed by atoms with Crippen molar-refractivity contribution < 1.29 is 14.0 Å². The maximum absolute atomic E-state index is 13.5. The number of thiol groups is 1. The minimum Gasteiger partial charge on any atom is -0.347 e. The van der Waals surface area contributed by atoms with E-state index in [4.69, 9.17) is 11.6 Å². The fourth-order valence-electron chi connectivity index (χ4n) is 1.25. The maximum atomic E-state index is 13.5. The highest BCUT2D eigenvalue weighted by Crippen LogP contribution is 2.14. The van der Waals surface area contributed by atoms with Gasteiger partial charge in [-0.3, -0.25) is 15.1 Å². The normalized spacial score (nSPS) is 11.7. The molecular weight excluding hydrogens is 303 g/mol. The zero-order valence-electron chi connectivity index (χ0n) is 10.7. The molecule has 0 radical (unpaired) electrons. The number of hydrogen-bond donors (Lipinski definition) is 3. The minimum atomic E-state index is -0.466. The second kappa shape index (κ2) is 8.63. The molecule has 2 N–H and O–H groups in total. The lowest BCUT2D eigenvalue weighted by Crippen LogP contribution is -2.23. The first-order chi connectivity index (χ1) is 9.54. The zero-order valence-corrected chi connectivity index (χ0v) is 12.3. The summed E-state index contributed by atoms with van der Waals surface area (Å²) < 4.78 is 13.5. The molecule has 20 heavy (non-hydrogen) atoms. The number of carbonyl (C=O) groups excluding carboxylic acids is 1. The minimum absolute atomic E-state index is 0.0553. The van der Waals surface area contributed by atoms with Crippen molar-refractivity contribution in [3.63, 3.8) is 0 Å². The molecule has 0 fully saturated rings. The first-order valence-corrected chi connectivity index (χ1v) is 6.43. The van der Waals surface area contributed by atoms with Gasteiger partial charge in [0, 0.05) is 23.3 Å². The summed E-state index contributed by atoms with van der Waals surface area (Å²) >= 11 is 9.67. The fraction of sp³-hybridized carbons (Fsp3) is 0.154. The Labute approximate surface area is 127 Å². The van der Waals surface area contributed by atoms with Crippen LogP contribution in [0.15, 0.2) is 41.5 Å². The summed E-state index contributed by atoms with van der Waals surface area (Å²) in [5.41, 5.74) is 2.81. The van der Waals surface area contributed by atoms with Crippen LogP contribution in [0.1, 0.15) is 5.56 Å². The summed E-state index contributed by atoms with van der Waals surface area (Å²) in [5, 5.41) is 2.86. The summed E-state index contributed by atoms with van der Waals surface area (Å²) in [7, 11) is 1.46. The summed E-state index contributed by atoms with van der Waals surface area (Å²) in [4.78, 5) is 16.4. The van der Waals surface area contributed by atoms with E-state index in [0.717, 1.165) is 0 Å². The molecule has 0 saturated heterocycles. The van der Waals surface area contributed by atoms with E-state index in [1.807, 2.05) is 0 Å². The molecule has 0 aliphatic rings. The quantitative estimate of drug-likeness (QED) is 0.327. The molecule has 4 nitrogen and oxygen atoms in total. The molecule has 0 heterocycles. The third kappa shape index (κ3) is 5.64. The number of hydroxylamine groups is 1. The van der Waals surface area contributed by atoms with Crippen molar-refractivity contribution in [2.45, 2.75) is 6.54 Å². The Hall–Kier alpha value is -1.50. The summed E-state index contributed by atoms with van der Waals surface area (Å²) in [6.45, 7) is 0.0553. The number of nitrogens with one attached hydrogen (secondary N) is 2. The van der Waals surface area contributed by atoms with Crippen molar-refractivity contribution in [1.82, 2.24) is 10.8 Å². The third-order valence-corrected chi connectivity index (χ3v) is 2.81.